The van der Waals surface area contributed by atoms with Crippen LogP contribution in [0.2, 0.25) is 0 Å². The van der Waals surface area contributed by atoms with E-state index >= 15 is 0 Å². The Labute approximate surface area is 89.8 Å². The third-order valence-electron chi connectivity index (χ3n) is 1.55. The van der Waals surface area contributed by atoms with Gasteiger partial charge in [-0.15, -0.1) is 11.6 Å². The fourth-order valence-electron chi connectivity index (χ4n) is 0.846. The molecule has 0 aromatic carbocycles. The minimum absolute atomic E-state index is 0.161. The van der Waals surface area contributed by atoms with E-state index in [1.54, 1.807) is 19.2 Å². The maximum absolute atomic E-state index is 11.5. The van der Waals surface area contributed by atoms with Gasteiger partial charge in [0.15, 0.2) is 10.4 Å². The van der Waals surface area contributed by atoms with Crippen molar-refractivity contribution in [1.29, 1.82) is 0 Å². The van der Waals surface area contributed by atoms with Crippen molar-refractivity contribution in [3.63, 3.8) is 0 Å². The molecule has 3 nitrogen and oxygen atoms in total. The van der Waals surface area contributed by atoms with Crippen LogP contribution in [0.15, 0.2) is 21.2 Å². The molecule has 0 atom stereocenters. The van der Waals surface area contributed by atoms with Crippen molar-refractivity contribution < 1.29 is 9.21 Å². The molecular weight excluding hydrogens is 257 g/mol. The molecule has 0 saturated heterocycles. The Bertz CT molecular complexity index is 300. The quantitative estimate of drug-likeness (QED) is 0.787. The van der Waals surface area contributed by atoms with Gasteiger partial charge in [-0.05, 0) is 28.1 Å². The monoisotopic (exact) mass is 265 g/mol. The number of hydrogen-bond acceptors (Lipinski definition) is 2. The molecule has 1 heterocycles. The molecule has 0 radical (unpaired) electrons. The van der Waals surface area contributed by atoms with Crippen LogP contribution in [0.25, 0.3) is 0 Å². The smallest absolute Gasteiger partial charge is 0.289 e. The normalized spacial score (nSPS) is 10.1. The molecule has 0 aliphatic rings. The van der Waals surface area contributed by atoms with Crippen molar-refractivity contribution in [2.75, 3.05) is 19.5 Å². The van der Waals surface area contributed by atoms with Crippen LogP contribution in [0.5, 0.6) is 0 Å². The Hall–Kier alpha value is -0.480. The molecule has 0 fully saturated rings. The number of carbonyl (C=O) groups excluding carboxylic acids is 1. The minimum atomic E-state index is -0.161. The second-order valence-electron chi connectivity index (χ2n) is 2.52. The summed E-state index contributed by atoms with van der Waals surface area (Å²) >= 11 is 8.62. The number of nitrogens with zero attached hydrogens (tertiary/aromatic N) is 1. The zero-order chi connectivity index (χ0) is 9.84. The zero-order valence-electron chi connectivity index (χ0n) is 7.09. The largest absolute Gasteiger partial charge is 0.444 e. The van der Waals surface area contributed by atoms with Gasteiger partial charge >= 0.3 is 0 Å². The van der Waals surface area contributed by atoms with Crippen molar-refractivity contribution in [2.45, 2.75) is 0 Å². The minimum Gasteiger partial charge on any atom is -0.444 e. The highest BCUT2D eigenvalue weighted by Crippen LogP contribution is 2.15. The summed E-state index contributed by atoms with van der Waals surface area (Å²) in [5.74, 6) is 0.579. The Balaban J connectivity index is 2.67. The van der Waals surface area contributed by atoms with E-state index in [1.165, 1.54) is 4.90 Å². The molecule has 0 unspecified atom stereocenters. The highest BCUT2D eigenvalue weighted by molar-refractivity contribution is 9.10. The van der Waals surface area contributed by atoms with E-state index in [0.29, 0.717) is 22.9 Å². The van der Waals surface area contributed by atoms with Crippen LogP contribution in [-0.2, 0) is 0 Å². The average molecular weight is 267 g/mol. The van der Waals surface area contributed by atoms with Crippen LogP contribution in [-0.4, -0.2) is 30.3 Å². The van der Waals surface area contributed by atoms with Crippen LogP contribution in [0.3, 0.4) is 0 Å². The molecule has 72 valence electrons. The number of alkyl halides is 1. The van der Waals surface area contributed by atoms with Gasteiger partial charge in [0.2, 0.25) is 0 Å². The maximum Gasteiger partial charge on any atom is 0.289 e. The summed E-state index contributed by atoms with van der Waals surface area (Å²) in [5.41, 5.74) is 0. The molecule has 13 heavy (non-hydrogen) atoms. The lowest BCUT2D eigenvalue weighted by atomic mass is 10.4. The van der Waals surface area contributed by atoms with E-state index in [9.17, 15) is 4.79 Å². The third-order valence-corrected chi connectivity index (χ3v) is 2.15. The van der Waals surface area contributed by atoms with E-state index in [1.807, 2.05) is 0 Å². The van der Waals surface area contributed by atoms with Gasteiger partial charge in [0.1, 0.15) is 0 Å². The van der Waals surface area contributed by atoms with Crippen molar-refractivity contribution in [3.8, 4) is 0 Å². The van der Waals surface area contributed by atoms with Crippen LogP contribution in [0.1, 0.15) is 10.6 Å². The topological polar surface area (TPSA) is 33.5 Å². The van der Waals surface area contributed by atoms with Gasteiger partial charge in [-0.2, -0.15) is 0 Å². The molecule has 0 aliphatic carbocycles. The van der Waals surface area contributed by atoms with Gasteiger partial charge in [-0.3, -0.25) is 4.79 Å². The number of carbonyl (C=O) groups is 1. The van der Waals surface area contributed by atoms with Crippen molar-refractivity contribution in [2.24, 2.45) is 0 Å². The number of rotatable bonds is 3. The second-order valence-corrected chi connectivity index (χ2v) is 3.68. The standard InChI is InChI=1S/C8H9BrClNO2/c1-11(5-4-10)8(12)6-2-3-7(9)13-6/h2-3H,4-5H2,1H3. The lowest BCUT2D eigenvalue weighted by Gasteiger charge is -2.12. The van der Waals surface area contributed by atoms with E-state index in [2.05, 4.69) is 15.9 Å². The van der Waals surface area contributed by atoms with E-state index in [0.717, 1.165) is 0 Å². The molecule has 0 bridgehead atoms. The summed E-state index contributed by atoms with van der Waals surface area (Å²) < 4.78 is 5.65. The number of amides is 1. The SMILES string of the molecule is CN(CCCl)C(=O)c1ccc(Br)o1. The van der Waals surface area contributed by atoms with E-state index in [-0.39, 0.29) is 5.91 Å². The molecule has 0 spiro atoms. The maximum atomic E-state index is 11.5. The average Bonchev–Trinajstić information content (AvgIpc) is 2.51. The number of furan rings is 1. The predicted octanol–water partition coefficient (Wildman–Crippen LogP) is 2.35. The summed E-state index contributed by atoms with van der Waals surface area (Å²) in [5, 5.41) is 0. The van der Waals surface area contributed by atoms with Crippen LogP contribution in [0.4, 0.5) is 0 Å². The second kappa shape index (κ2) is 4.67. The fourth-order valence-corrected chi connectivity index (χ4v) is 1.41. The van der Waals surface area contributed by atoms with Gasteiger partial charge < -0.3 is 9.32 Å². The Morgan fingerprint density at radius 2 is 2.38 bits per heavy atom. The summed E-state index contributed by atoms with van der Waals surface area (Å²) in [6, 6.07) is 3.30. The van der Waals surface area contributed by atoms with Gasteiger partial charge in [-0.25, -0.2) is 0 Å². The van der Waals surface area contributed by atoms with E-state index < -0.39 is 0 Å². The number of halogens is 2. The van der Waals surface area contributed by atoms with Gasteiger partial charge in [0, 0.05) is 19.5 Å². The molecule has 5 heteroatoms. The highest BCUT2D eigenvalue weighted by atomic mass is 79.9. The van der Waals surface area contributed by atoms with Crippen LogP contribution in [0, 0.1) is 0 Å². The number of hydrogen-bond donors (Lipinski definition) is 0. The first-order chi connectivity index (χ1) is 6.15. The van der Waals surface area contributed by atoms with Gasteiger partial charge in [0.25, 0.3) is 5.91 Å². The van der Waals surface area contributed by atoms with Crippen molar-refractivity contribution >= 4 is 33.4 Å². The third kappa shape index (κ3) is 2.74. The predicted molar refractivity (Wildman–Crippen MR) is 54.1 cm³/mol. The van der Waals surface area contributed by atoms with Crippen molar-refractivity contribution in [3.05, 3.63) is 22.6 Å². The summed E-state index contributed by atoms with van der Waals surface area (Å²) in [7, 11) is 1.68. The molecule has 0 aliphatic heterocycles. The fraction of sp³-hybridized carbons (Fsp3) is 0.375. The first kappa shape index (κ1) is 10.6. The van der Waals surface area contributed by atoms with Gasteiger partial charge in [0.05, 0.1) is 0 Å². The first-order valence-electron chi connectivity index (χ1n) is 3.72. The van der Waals surface area contributed by atoms with Crippen molar-refractivity contribution in [1.82, 2.24) is 4.90 Å². The highest BCUT2D eigenvalue weighted by Gasteiger charge is 2.14. The molecule has 1 amide bonds. The zero-order valence-corrected chi connectivity index (χ0v) is 9.43. The molecule has 0 N–H and O–H groups in total. The lowest BCUT2D eigenvalue weighted by Crippen LogP contribution is -2.28. The van der Waals surface area contributed by atoms with E-state index in [4.69, 9.17) is 16.0 Å². The van der Waals surface area contributed by atoms with Gasteiger partial charge in [-0.1, -0.05) is 0 Å². The van der Waals surface area contributed by atoms with Crippen LogP contribution >= 0.6 is 27.5 Å². The molecule has 0 saturated carbocycles. The first-order valence-corrected chi connectivity index (χ1v) is 5.04. The Kier molecular flexibility index (Phi) is 3.81. The Morgan fingerprint density at radius 1 is 1.69 bits per heavy atom. The summed E-state index contributed by atoms with van der Waals surface area (Å²) in [6.45, 7) is 0.513. The lowest BCUT2D eigenvalue weighted by molar-refractivity contribution is 0.0770. The summed E-state index contributed by atoms with van der Waals surface area (Å²) in [6.07, 6.45) is 0. The molecule has 1 aromatic heterocycles. The molecule has 1 aromatic rings. The molecule has 1 rings (SSSR count). The summed E-state index contributed by atoms with van der Waals surface area (Å²) in [4.78, 5) is 13.0. The Morgan fingerprint density at radius 3 is 2.85 bits per heavy atom. The molecular formula is C8H9BrClNO2. The van der Waals surface area contributed by atoms with Crippen LogP contribution < -0.4 is 0 Å².